The quantitative estimate of drug-likeness (QED) is 0.560. The molecule has 7 heteroatoms. The Hall–Kier alpha value is -2.22. The van der Waals surface area contributed by atoms with E-state index in [2.05, 4.69) is 45.0 Å². The van der Waals surface area contributed by atoms with Crippen LogP contribution in [0.25, 0.3) is 0 Å². The van der Waals surface area contributed by atoms with E-state index in [4.69, 9.17) is 4.74 Å². The van der Waals surface area contributed by atoms with Crippen molar-refractivity contribution in [3.05, 3.63) is 65.2 Å². The van der Waals surface area contributed by atoms with Crippen LogP contribution in [0.2, 0.25) is 0 Å². The summed E-state index contributed by atoms with van der Waals surface area (Å²) in [6.45, 7) is 8.82. The Morgan fingerprint density at radius 1 is 1.15 bits per heavy atom. The first-order valence-electron chi connectivity index (χ1n) is 11.4. The summed E-state index contributed by atoms with van der Waals surface area (Å²) in [5.74, 6) is 0.622. The highest BCUT2D eigenvalue weighted by Crippen LogP contribution is 2.25. The van der Waals surface area contributed by atoms with Crippen LogP contribution in [0.1, 0.15) is 55.6 Å². The van der Waals surface area contributed by atoms with E-state index in [-0.39, 0.29) is 41.9 Å². The number of aliphatic hydroxyl groups excluding tert-OH is 1. The molecule has 0 amide bonds. The largest absolute Gasteiger partial charge is 0.490 e. The second-order valence-corrected chi connectivity index (χ2v) is 12.2. The van der Waals surface area contributed by atoms with Crippen LogP contribution in [-0.2, 0) is 21.8 Å². The number of Topliss-reactive ketones (excluding diaryl/α,β-unsaturated/α-hetero) is 1. The van der Waals surface area contributed by atoms with E-state index in [0.717, 1.165) is 5.56 Å². The molecule has 0 aromatic heterocycles. The Balaban J connectivity index is 1.70. The van der Waals surface area contributed by atoms with Crippen LogP contribution >= 0.6 is 0 Å². The van der Waals surface area contributed by atoms with E-state index in [1.165, 1.54) is 12.5 Å². The molecule has 0 spiro atoms. The van der Waals surface area contributed by atoms with Gasteiger partial charge in [0.2, 0.25) is 0 Å². The van der Waals surface area contributed by atoms with E-state index in [1.807, 2.05) is 4.90 Å². The summed E-state index contributed by atoms with van der Waals surface area (Å²) >= 11 is 0. The lowest BCUT2D eigenvalue weighted by Crippen LogP contribution is -2.42. The van der Waals surface area contributed by atoms with E-state index >= 15 is 0 Å². The molecule has 2 atom stereocenters. The fourth-order valence-electron chi connectivity index (χ4n) is 4.14. The smallest absolute Gasteiger partial charge is 0.163 e. The first-order valence-corrected chi connectivity index (χ1v) is 13.2. The molecule has 1 heterocycles. The third-order valence-corrected chi connectivity index (χ3v) is 7.82. The lowest BCUT2D eigenvalue weighted by molar-refractivity contribution is 0.0520. The summed E-state index contributed by atoms with van der Waals surface area (Å²) < 4.78 is 30.0. The molecular weight excluding hydrogens is 438 g/mol. The average molecular weight is 474 g/mol. The standard InChI is InChI=1S/C26H35NO5S/c1-19(28)24-7-5-6-8-25(24)32-17-23(29)16-27(22-13-14-33(30,31)18-22)15-20-9-11-21(12-10-20)26(2,3)4/h5-12,22-23,29H,13-18H2,1-4H3. The van der Waals surface area contributed by atoms with Crippen LogP contribution in [0.15, 0.2) is 48.5 Å². The summed E-state index contributed by atoms with van der Waals surface area (Å²) in [7, 11) is -3.06. The lowest BCUT2D eigenvalue weighted by atomic mass is 9.86. The molecule has 2 unspecified atom stereocenters. The van der Waals surface area contributed by atoms with Gasteiger partial charge in [-0.1, -0.05) is 57.2 Å². The van der Waals surface area contributed by atoms with Gasteiger partial charge in [0.1, 0.15) is 18.5 Å². The Bertz CT molecular complexity index is 1060. The number of ketones is 1. The van der Waals surface area contributed by atoms with Gasteiger partial charge in [0, 0.05) is 19.1 Å². The number of aliphatic hydroxyl groups is 1. The zero-order valence-corrected chi connectivity index (χ0v) is 20.8. The van der Waals surface area contributed by atoms with Gasteiger partial charge in [-0.15, -0.1) is 0 Å². The van der Waals surface area contributed by atoms with Crippen molar-refractivity contribution in [3.63, 3.8) is 0 Å². The van der Waals surface area contributed by atoms with Crippen molar-refractivity contribution < 1.29 is 23.1 Å². The predicted octanol–water partition coefficient (Wildman–Crippen LogP) is 3.62. The minimum atomic E-state index is -3.06. The van der Waals surface area contributed by atoms with Gasteiger partial charge in [-0.25, -0.2) is 8.42 Å². The number of carbonyl (C=O) groups excluding carboxylic acids is 1. The molecule has 1 saturated heterocycles. The van der Waals surface area contributed by atoms with E-state index in [0.29, 0.717) is 24.3 Å². The highest BCUT2D eigenvalue weighted by Gasteiger charge is 2.33. The Labute approximate surface area is 197 Å². The van der Waals surface area contributed by atoms with Crippen molar-refractivity contribution in [3.8, 4) is 5.75 Å². The Morgan fingerprint density at radius 3 is 2.39 bits per heavy atom. The summed E-state index contributed by atoms with van der Waals surface area (Å²) in [5, 5.41) is 10.7. The summed E-state index contributed by atoms with van der Waals surface area (Å²) in [6, 6.07) is 15.2. The van der Waals surface area contributed by atoms with Gasteiger partial charge in [0.05, 0.1) is 17.1 Å². The molecule has 1 fully saturated rings. The SMILES string of the molecule is CC(=O)c1ccccc1OCC(O)CN(Cc1ccc(C(C)(C)C)cc1)C1CCS(=O)(=O)C1. The lowest BCUT2D eigenvalue weighted by Gasteiger charge is -2.30. The van der Waals surface area contributed by atoms with Crippen molar-refractivity contribution >= 4 is 15.6 Å². The van der Waals surface area contributed by atoms with Gasteiger partial charge >= 0.3 is 0 Å². The first-order chi connectivity index (χ1) is 15.4. The van der Waals surface area contributed by atoms with Gasteiger partial charge in [0.15, 0.2) is 15.6 Å². The molecule has 0 aliphatic carbocycles. The molecule has 2 aromatic carbocycles. The molecular formula is C26H35NO5S. The molecule has 1 aliphatic heterocycles. The summed E-state index contributed by atoms with van der Waals surface area (Å²) in [6.07, 6.45) is -0.273. The summed E-state index contributed by atoms with van der Waals surface area (Å²) in [4.78, 5) is 13.8. The van der Waals surface area contributed by atoms with Gasteiger partial charge in [0.25, 0.3) is 0 Å². The number of ether oxygens (including phenoxy) is 1. The number of rotatable bonds is 9. The van der Waals surface area contributed by atoms with Crippen LogP contribution in [-0.4, -0.2) is 61.0 Å². The molecule has 1 aliphatic rings. The van der Waals surface area contributed by atoms with E-state index in [1.54, 1.807) is 24.3 Å². The van der Waals surface area contributed by atoms with Crippen molar-refractivity contribution in [1.29, 1.82) is 0 Å². The van der Waals surface area contributed by atoms with Crippen molar-refractivity contribution in [2.75, 3.05) is 24.7 Å². The third kappa shape index (κ3) is 7.13. The van der Waals surface area contributed by atoms with Crippen LogP contribution in [0, 0.1) is 0 Å². The second kappa shape index (κ2) is 10.4. The fourth-order valence-corrected chi connectivity index (χ4v) is 5.91. The molecule has 6 nitrogen and oxygen atoms in total. The minimum Gasteiger partial charge on any atom is -0.490 e. The number of benzene rings is 2. The maximum absolute atomic E-state index is 12.1. The number of sulfone groups is 1. The van der Waals surface area contributed by atoms with Crippen LogP contribution in [0.3, 0.4) is 0 Å². The van der Waals surface area contributed by atoms with Crippen molar-refractivity contribution in [2.24, 2.45) is 0 Å². The molecule has 3 rings (SSSR count). The van der Waals surface area contributed by atoms with Crippen LogP contribution in [0.5, 0.6) is 5.75 Å². The van der Waals surface area contributed by atoms with Crippen molar-refractivity contribution in [2.45, 2.75) is 58.2 Å². The molecule has 2 aromatic rings. The Kier molecular flexibility index (Phi) is 7.98. The maximum Gasteiger partial charge on any atom is 0.163 e. The van der Waals surface area contributed by atoms with E-state index < -0.39 is 15.9 Å². The van der Waals surface area contributed by atoms with Crippen LogP contribution < -0.4 is 4.74 Å². The molecule has 0 bridgehead atoms. The zero-order valence-electron chi connectivity index (χ0n) is 20.0. The molecule has 1 N–H and O–H groups in total. The normalized spacial score (nSPS) is 18.9. The molecule has 33 heavy (non-hydrogen) atoms. The third-order valence-electron chi connectivity index (χ3n) is 6.07. The van der Waals surface area contributed by atoms with Gasteiger partial charge in [-0.3, -0.25) is 9.69 Å². The maximum atomic E-state index is 12.1. The van der Waals surface area contributed by atoms with Gasteiger partial charge in [-0.05, 0) is 42.0 Å². The number of hydrogen-bond donors (Lipinski definition) is 1. The van der Waals surface area contributed by atoms with Crippen molar-refractivity contribution in [1.82, 2.24) is 4.90 Å². The summed E-state index contributed by atoms with van der Waals surface area (Å²) in [5.41, 5.74) is 2.84. The van der Waals surface area contributed by atoms with Crippen LogP contribution in [0.4, 0.5) is 0 Å². The second-order valence-electron chi connectivity index (χ2n) is 9.95. The molecule has 180 valence electrons. The number of hydrogen-bond acceptors (Lipinski definition) is 6. The molecule has 0 saturated carbocycles. The zero-order chi connectivity index (χ0) is 24.2. The highest BCUT2D eigenvalue weighted by molar-refractivity contribution is 7.91. The molecule has 0 radical (unpaired) electrons. The Morgan fingerprint density at radius 2 is 1.82 bits per heavy atom. The first kappa shape index (κ1) is 25.4. The fraction of sp³-hybridized carbons (Fsp3) is 0.500. The monoisotopic (exact) mass is 473 g/mol. The number of nitrogens with zero attached hydrogens (tertiary/aromatic N) is 1. The topological polar surface area (TPSA) is 83.9 Å². The van der Waals surface area contributed by atoms with E-state index in [9.17, 15) is 18.3 Å². The number of para-hydroxylation sites is 1. The minimum absolute atomic E-state index is 0.0171. The van der Waals surface area contributed by atoms with Gasteiger partial charge < -0.3 is 9.84 Å². The highest BCUT2D eigenvalue weighted by atomic mass is 32.2. The average Bonchev–Trinajstić information content (AvgIpc) is 3.11. The number of carbonyl (C=O) groups is 1. The van der Waals surface area contributed by atoms with Gasteiger partial charge in [-0.2, -0.15) is 0 Å². The predicted molar refractivity (Wildman–Crippen MR) is 131 cm³/mol.